The number of allylic oxidation sites excluding steroid dienone is 4. The van der Waals surface area contributed by atoms with Gasteiger partial charge in [0.1, 0.15) is 18.1 Å². The molecule has 0 saturated carbocycles. The lowest BCUT2D eigenvalue weighted by Gasteiger charge is -2.11. The number of aromatic hydroxyl groups is 1. The third-order valence-electron chi connectivity index (χ3n) is 4.15. The Morgan fingerprint density at radius 2 is 2.05 bits per heavy atom. The first kappa shape index (κ1) is 16.4. The van der Waals surface area contributed by atoms with Crippen molar-refractivity contribution in [3.8, 4) is 11.5 Å². The molecule has 0 saturated heterocycles. The molecule has 0 aliphatic carbocycles. The van der Waals surface area contributed by atoms with E-state index in [2.05, 4.69) is 39.5 Å². The number of ether oxygens (including phenoxy) is 1. The van der Waals surface area contributed by atoms with Crippen LogP contribution in [0, 0.1) is 6.92 Å². The smallest absolute Gasteiger partial charge is 0.131 e. The van der Waals surface area contributed by atoms with Crippen LogP contribution in [0.25, 0.3) is 5.57 Å². The quantitative estimate of drug-likeness (QED) is 0.743. The molecule has 1 aliphatic rings. The Morgan fingerprint density at radius 3 is 2.73 bits per heavy atom. The SMILES string of the molecule is C=C1COc2cc(O)c(C/C=C(/C)CCC=C(C)C)c(C)c21. The Morgan fingerprint density at radius 1 is 1.32 bits per heavy atom. The van der Waals surface area contributed by atoms with Crippen molar-refractivity contribution in [2.45, 2.75) is 47.0 Å². The van der Waals surface area contributed by atoms with Gasteiger partial charge in [-0.1, -0.05) is 29.9 Å². The molecule has 1 heterocycles. The van der Waals surface area contributed by atoms with Crippen LogP contribution in [0.4, 0.5) is 0 Å². The van der Waals surface area contributed by atoms with E-state index in [4.69, 9.17) is 4.74 Å². The van der Waals surface area contributed by atoms with E-state index in [1.54, 1.807) is 6.07 Å². The summed E-state index contributed by atoms with van der Waals surface area (Å²) in [7, 11) is 0. The van der Waals surface area contributed by atoms with Gasteiger partial charge >= 0.3 is 0 Å². The van der Waals surface area contributed by atoms with Gasteiger partial charge in [0.15, 0.2) is 0 Å². The van der Waals surface area contributed by atoms with Gasteiger partial charge in [0.25, 0.3) is 0 Å². The number of rotatable bonds is 5. The number of phenols is 1. The van der Waals surface area contributed by atoms with Crippen LogP contribution in [-0.2, 0) is 6.42 Å². The van der Waals surface area contributed by atoms with Crippen molar-refractivity contribution >= 4 is 5.57 Å². The van der Waals surface area contributed by atoms with E-state index in [0.29, 0.717) is 12.4 Å². The summed E-state index contributed by atoms with van der Waals surface area (Å²) in [4.78, 5) is 0. The van der Waals surface area contributed by atoms with E-state index in [0.717, 1.165) is 47.3 Å². The molecule has 0 amide bonds. The zero-order chi connectivity index (χ0) is 16.3. The summed E-state index contributed by atoms with van der Waals surface area (Å²) in [5.41, 5.74) is 6.85. The van der Waals surface area contributed by atoms with E-state index in [1.807, 2.05) is 6.92 Å². The summed E-state index contributed by atoms with van der Waals surface area (Å²) in [6.45, 7) is 13.0. The molecule has 1 aromatic carbocycles. The van der Waals surface area contributed by atoms with E-state index < -0.39 is 0 Å². The monoisotopic (exact) mass is 298 g/mol. The Kier molecular flexibility index (Phi) is 5.12. The number of hydrogen-bond acceptors (Lipinski definition) is 2. The maximum absolute atomic E-state index is 10.3. The summed E-state index contributed by atoms with van der Waals surface area (Å²) in [5.74, 6) is 1.08. The maximum Gasteiger partial charge on any atom is 0.131 e. The molecule has 0 fully saturated rings. The van der Waals surface area contributed by atoms with Gasteiger partial charge in [-0.2, -0.15) is 0 Å². The van der Waals surface area contributed by atoms with Crippen LogP contribution >= 0.6 is 0 Å². The fourth-order valence-electron chi connectivity index (χ4n) is 2.83. The van der Waals surface area contributed by atoms with E-state index >= 15 is 0 Å². The molecule has 1 aromatic rings. The molecule has 1 aliphatic heterocycles. The normalized spacial score (nSPS) is 13.8. The van der Waals surface area contributed by atoms with Gasteiger partial charge < -0.3 is 9.84 Å². The molecule has 22 heavy (non-hydrogen) atoms. The molecule has 0 unspecified atom stereocenters. The summed E-state index contributed by atoms with van der Waals surface area (Å²) >= 11 is 0. The lowest BCUT2D eigenvalue weighted by molar-refractivity contribution is 0.384. The van der Waals surface area contributed by atoms with Crippen molar-refractivity contribution in [3.63, 3.8) is 0 Å². The molecule has 1 N–H and O–H groups in total. The number of fused-ring (bicyclic) bond motifs is 1. The lowest BCUT2D eigenvalue weighted by atomic mass is 9.94. The molecule has 0 bridgehead atoms. The van der Waals surface area contributed by atoms with Crippen molar-refractivity contribution in [1.29, 1.82) is 0 Å². The Labute approximate surface area is 133 Å². The highest BCUT2D eigenvalue weighted by atomic mass is 16.5. The average molecular weight is 298 g/mol. The van der Waals surface area contributed by atoms with Crippen LogP contribution in [0.5, 0.6) is 11.5 Å². The Hall–Kier alpha value is -1.96. The number of hydrogen-bond donors (Lipinski definition) is 1. The molecule has 0 aromatic heterocycles. The summed E-state index contributed by atoms with van der Waals surface area (Å²) < 4.78 is 5.55. The third kappa shape index (κ3) is 3.62. The minimum absolute atomic E-state index is 0.319. The highest BCUT2D eigenvalue weighted by Gasteiger charge is 2.22. The van der Waals surface area contributed by atoms with Crippen molar-refractivity contribution in [2.75, 3.05) is 6.61 Å². The Bertz CT molecular complexity index is 644. The van der Waals surface area contributed by atoms with Crippen LogP contribution < -0.4 is 4.74 Å². The average Bonchev–Trinajstić information content (AvgIpc) is 2.79. The second-order valence-corrected chi connectivity index (χ2v) is 6.34. The number of benzene rings is 1. The first-order valence-electron chi connectivity index (χ1n) is 7.85. The van der Waals surface area contributed by atoms with Crippen LogP contribution in [0.3, 0.4) is 0 Å². The van der Waals surface area contributed by atoms with Gasteiger partial charge in [-0.05, 0) is 58.1 Å². The van der Waals surface area contributed by atoms with E-state index in [-0.39, 0.29) is 0 Å². The minimum Gasteiger partial charge on any atom is -0.508 e. The fourth-order valence-corrected chi connectivity index (χ4v) is 2.83. The molecule has 2 heteroatoms. The summed E-state index contributed by atoms with van der Waals surface area (Å²) in [6, 6.07) is 1.72. The molecule has 2 rings (SSSR count). The maximum atomic E-state index is 10.3. The molecular formula is C20H26O2. The van der Waals surface area contributed by atoms with Gasteiger partial charge in [0.2, 0.25) is 0 Å². The molecular weight excluding hydrogens is 272 g/mol. The first-order chi connectivity index (χ1) is 10.4. The topological polar surface area (TPSA) is 29.5 Å². The van der Waals surface area contributed by atoms with Gasteiger partial charge in [0.05, 0.1) is 0 Å². The summed E-state index contributed by atoms with van der Waals surface area (Å²) in [5, 5.41) is 10.3. The van der Waals surface area contributed by atoms with Crippen molar-refractivity contribution in [2.24, 2.45) is 0 Å². The van der Waals surface area contributed by atoms with Crippen molar-refractivity contribution in [1.82, 2.24) is 0 Å². The predicted molar refractivity (Wildman–Crippen MR) is 93.5 cm³/mol. The molecule has 0 atom stereocenters. The van der Waals surface area contributed by atoms with Crippen molar-refractivity contribution < 1.29 is 9.84 Å². The molecule has 118 valence electrons. The fraction of sp³-hybridized carbons (Fsp3) is 0.400. The molecule has 0 spiro atoms. The first-order valence-corrected chi connectivity index (χ1v) is 7.85. The predicted octanol–water partition coefficient (Wildman–Crippen LogP) is 5.34. The van der Waals surface area contributed by atoms with Gasteiger partial charge in [0, 0.05) is 17.2 Å². The third-order valence-corrected chi connectivity index (χ3v) is 4.15. The van der Waals surface area contributed by atoms with Crippen LogP contribution in [0.2, 0.25) is 0 Å². The second-order valence-electron chi connectivity index (χ2n) is 6.34. The zero-order valence-corrected chi connectivity index (χ0v) is 14.1. The number of phenolic OH excluding ortho intramolecular Hbond substituents is 1. The highest BCUT2D eigenvalue weighted by molar-refractivity contribution is 5.78. The van der Waals surface area contributed by atoms with Gasteiger partial charge in [-0.3, -0.25) is 0 Å². The van der Waals surface area contributed by atoms with E-state index in [1.165, 1.54) is 11.1 Å². The summed E-state index contributed by atoms with van der Waals surface area (Å²) in [6.07, 6.45) is 7.36. The Balaban J connectivity index is 2.15. The van der Waals surface area contributed by atoms with Gasteiger partial charge in [-0.25, -0.2) is 0 Å². The van der Waals surface area contributed by atoms with Crippen molar-refractivity contribution in [3.05, 3.63) is 52.6 Å². The van der Waals surface area contributed by atoms with Crippen LogP contribution in [0.15, 0.2) is 35.9 Å². The second kappa shape index (κ2) is 6.87. The lowest BCUT2D eigenvalue weighted by Crippen LogP contribution is -1.94. The van der Waals surface area contributed by atoms with Gasteiger partial charge in [-0.15, -0.1) is 0 Å². The van der Waals surface area contributed by atoms with E-state index in [9.17, 15) is 5.11 Å². The largest absolute Gasteiger partial charge is 0.508 e. The van der Waals surface area contributed by atoms with Crippen LogP contribution in [-0.4, -0.2) is 11.7 Å². The standard InChI is InChI=1S/C20H26O2/c1-13(2)7-6-8-14(3)9-10-17-16(5)20-15(4)12-22-19(20)11-18(17)21/h7,9,11,21H,4,6,8,10,12H2,1-3,5H3/b14-9-. The molecule has 2 nitrogen and oxygen atoms in total. The highest BCUT2D eigenvalue weighted by Crippen LogP contribution is 2.40. The molecule has 0 radical (unpaired) electrons. The van der Waals surface area contributed by atoms with Crippen LogP contribution in [0.1, 0.15) is 50.3 Å². The zero-order valence-electron chi connectivity index (χ0n) is 14.1. The minimum atomic E-state index is 0.319.